The molecule has 4 heterocycles. The van der Waals surface area contributed by atoms with E-state index in [-0.39, 0.29) is 17.9 Å². The van der Waals surface area contributed by atoms with Crippen LogP contribution in [0.3, 0.4) is 0 Å². The Hall–Kier alpha value is -2.84. The van der Waals surface area contributed by atoms with Crippen LogP contribution in [0, 0.1) is 0 Å². The van der Waals surface area contributed by atoms with Crippen molar-refractivity contribution in [3.8, 4) is 0 Å². The number of benzene rings is 1. The molecule has 2 saturated heterocycles. The van der Waals surface area contributed by atoms with Crippen LogP contribution in [0.4, 0.5) is 17.2 Å². The van der Waals surface area contributed by atoms with Gasteiger partial charge in [-0.05, 0) is 56.0 Å². The third-order valence-electron chi connectivity index (χ3n) is 6.93. The van der Waals surface area contributed by atoms with Gasteiger partial charge >= 0.3 is 0 Å². The second-order valence-corrected chi connectivity index (χ2v) is 9.60. The second-order valence-electron chi connectivity index (χ2n) is 9.20. The van der Waals surface area contributed by atoms with Gasteiger partial charge in [-0.2, -0.15) is 0 Å². The van der Waals surface area contributed by atoms with Crippen LogP contribution in [0.25, 0.3) is 0 Å². The molecule has 2 aromatic rings. The number of amides is 2. The number of hydrogen-bond acceptors (Lipinski definition) is 6. The maximum atomic E-state index is 12.6. The Morgan fingerprint density at radius 2 is 2.00 bits per heavy atom. The summed E-state index contributed by atoms with van der Waals surface area (Å²) in [7, 11) is 0. The molecule has 0 bridgehead atoms. The molecule has 0 unspecified atom stereocenters. The number of rotatable bonds is 5. The van der Waals surface area contributed by atoms with E-state index in [4.69, 9.17) is 16.6 Å². The van der Waals surface area contributed by atoms with Gasteiger partial charge in [0.1, 0.15) is 6.04 Å². The molecule has 34 heavy (non-hydrogen) atoms. The van der Waals surface area contributed by atoms with Crippen molar-refractivity contribution in [3.63, 3.8) is 0 Å². The zero-order chi connectivity index (χ0) is 23.7. The lowest BCUT2D eigenvalue weighted by Crippen LogP contribution is -2.51. The lowest BCUT2D eigenvalue weighted by molar-refractivity contribution is -0.118. The molecular weight excluding hydrogens is 452 g/mol. The van der Waals surface area contributed by atoms with Crippen molar-refractivity contribution >= 4 is 40.6 Å². The standard InChI is InChI=1S/C25H31ClN6O2/c1-2-27-24(33)18-6-7-21(19(26)14-18)31-11-9-30(10-12-31)16-17-13-20-23(28-15-17)32-8-4-3-5-22(32)25(34)29-20/h6-7,13-15,22H,2-5,8-12,16H2,1H3,(H,27,33)(H,29,34)/t22-/m0/s1. The summed E-state index contributed by atoms with van der Waals surface area (Å²) in [5.74, 6) is 0.893. The summed E-state index contributed by atoms with van der Waals surface area (Å²) in [5, 5.41) is 6.48. The van der Waals surface area contributed by atoms with Crippen molar-refractivity contribution in [2.75, 3.05) is 54.4 Å². The summed E-state index contributed by atoms with van der Waals surface area (Å²) < 4.78 is 0. The highest BCUT2D eigenvalue weighted by atomic mass is 35.5. The number of aromatic nitrogens is 1. The van der Waals surface area contributed by atoms with Crippen LogP contribution in [0.2, 0.25) is 5.02 Å². The quantitative estimate of drug-likeness (QED) is 0.681. The first kappa shape index (κ1) is 22.9. The van der Waals surface area contributed by atoms with Gasteiger partial charge in [0.05, 0.1) is 16.4 Å². The topological polar surface area (TPSA) is 80.8 Å². The van der Waals surface area contributed by atoms with Crippen molar-refractivity contribution in [3.05, 3.63) is 46.6 Å². The lowest BCUT2D eigenvalue weighted by Gasteiger charge is -2.40. The molecule has 3 aliphatic heterocycles. The molecule has 1 atom stereocenters. The number of piperidine rings is 1. The van der Waals surface area contributed by atoms with Crippen LogP contribution in [0.15, 0.2) is 30.5 Å². The minimum atomic E-state index is -0.105. The first-order valence-corrected chi connectivity index (χ1v) is 12.5. The van der Waals surface area contributed by atoms with Gasteiger partial charge in [-0.15, -0.1) is 0 Å². The number of fused-ring (bicyclic) bond motifs is 3. The zero-order valence-electron chi connectivity index (χ0n) is 19.5. The van der Waals surface area contributed by atoms with E-state index in [0.717, 1.165) is 81.3 Å². The van der Waals surface area contributed by atoms with Crippen molar-refractivity contribution in [2.45, 2.75) is 38.8 Å². The fourth-order valence-corrected chi connectivity index (χ4v) is 5.45. The molecule has 1 aromatic carbocycles. The molecule has 1 aromatic heterocycles. The van der Waals surface area contributed by atoms with E-state index >= 15 is 0 Å². The highest BCUT2D eigenvalue weighted by Crippen LogP contribution is 2.35. The fraction of sp³-hybridized carbons (Fsp3) is 0.480. The number of hydrogen-bond donors (Lipinski definition) is 2. The molecule has 3 aliphatic rings. The molecule has 2 fully saturated rings. The van der Waals surface area contributed by atoms with E-state index in [0.29, 0.717) is 17.1 Å². The number of nitrogens with one attached hydrogen (secondary N) is 2. The van der Waals surface area contributed by atoms with E-state index in [1.54, 1.807) is 6.07 Å². The molecule has 5 rings (SSSR count). The number of pyridine rings is 1. The van der Waals surface area contributed by atoms with Gasteiger partial charge in [-0.1, -0.05) is 11.6 Å². The molecular formula is C25H31ClN6O2. The van der Waals surface area contributed by atoms with Gasteiger partial charge in [0.2, 0.25) is 5.91 Å². The summed E-state index contributed by atoms with van der Waals surface area (Å²) in [6.45, 7) is 7.66. The average Bonchev–Trinajstić information content (AvgIpc) is 2.85. The molecule has 2 amide bonds. The second kappa shape index (κ2) is 9.80. The summed E-state index contributed by atoms with van der Waals surface area (Å²) in [6, 6.07) is 7.52. The van der Waals surface area contributed by atoms with Crippen molar-refractivity contribution in [1.29, 1.82) is 0 Å². The molecule has 9 heteroatoms. The molecule has 2 N–H and O–H groups in total. The predicted octanol–water partition coefficient (Wildman–Crippen LogP) is 3.12. The molecule has 0 radical (unpaired) electrons. The van der Waals surface area contributed by atoms with Crippen LogP contribution < -0.4 is 20.4 Å². The number of carbonyl (C=O) groups excluding carboxylic acids is 2. The van der Waals surface area contributed by atoms with E-state index in [1.807, 2.05) is 25.3 Å². The Morgan fingerprint density at radius 3 is 2.76 bits per heavy atom. The predicted molar refractivity (Wildman–Crippen MR) is 135 cm³/mol. The summed E-state index contributed by atoms with van der Waals surface area (Å²) >= 11 is 6.52. The van der Waals surface area contributed by atoms with Gasteiger partial charge in [0.25, 0.3) is 5.91 Å². The average molecular weight is 483 g/mol. The minimum absolute atomic E-state index is 0.0744. The van der Waals surface area contributed by atoms with Crippen LogP contribution in [-0.4, -0.2) is 67.0 Å². The Morgan fingerprint density at radius 1 is 1.18 bits per heavy atom. The maximum absolute atomic E-state index is 12.6. The molecule has 8 nitrogen and oxygen atoms in total. The molecule has 0 spiro atoms. The third-order valence-corrected chi connectivity index (χ3v) is 7.23. The molecule has 0 aliphatic carbocycles. The van der Waals surface area contributed by atoms with Crippen LogP contribution in [-0.2, 0) is 11.3 Å². The summed E-state index contributed by atoms with van der Waals surface area (Å²) in [5.41, 5.74) is 3.48. The van der Waals surface area contributed by atoms with Crippen molar-refractivity contribution in [1.82, 2.24) is 15.2 Å². The van der Waals surface area contributed by atoms with Crippen LogP contribution in [0.5, 0.6) is 0 Å². The van der Waals surface area contributed by atoms with Gasteiger partial charge in [0, 0.05) is 57.6 Å². The third kappa shape index (κ3) is 4.57. The number of nitrogens with zero attached hydrogens (tertiary/aromatic N) is 4. The van der Waals surface area contributed by atoms with Crippen molar-refractivity contribution < 1.29 is 9.59 Å². The number of halogens is 1. The van der Waals surface area contributed by atoms with Crippen LogP contribution in [0.1, 0.15) is 42.1 Å². The van der Waals surface area contributed by atoms with E-state index in [1.165, 1.54) is 0 Å². The SMILES string of the molecule is CCNC(=O)c1ccc(N2CCN(Cc3cnc4c(c3)NC(=O)[C@@H]3CCCCN43)CC2)c(Cl)c1. The first-order valence-electron chi connectivity index (χ1n) is 12.1. The van der Waals surface area contributed by atoms with E-state index in [2.05, 4.69) is 31.4 Å². The van der Waals surface area contributed by atoms with E-state index in [9.17, 15) is 9.59 Å². The lowest BCUT2D eigenvalue weighted by atomic mass is 9.99. The van der Waals surface area contributed by atoms with Crippen molar-refractivity contribution in [2.24, 2.45) is 0 Å². The fourth-order valence-electron chi connectivity index (χ4n) is 5.15. The highest BCUT2D eigenvalue weighted by molar-refractivity contribution is 6.33. The van der Waals surface area contributed by atoms with E-state index < -0.39 is 0 Å². The highest BCUT2D eigenvalue weighted by Gasteiger charge is 2.35. The number of piperazine rings is 1. The normalized spacial score (nSPS) is 20.4. The van der Waals surface area contributed by atoms with Gasteiger partial charge < -0.3 is 20.4 Å². The molecule has 0 saturated carbocycles. The van der Waals surface area contributed by atoms with Gasteiger partial charge in [-0.3, -0.25) is 14.5 Å². The zero-order valence-corrected chi connectivity index (χ0v) is 20.3. The maximum Gasteiger partial charge on any atom is 0.251 e. The Balaban J connectivity index is 1.21. The van der Waals surface area contributed by atoms with Gasteiger partial charge in [0.15, 0.2) is 5.82 Å². The number of anilines is 3. The first-order chi connectivity index (χ1) is 16.5. The summed E-state index contributed by atoms with van der Waals surface area (Å²) in [6.07, 6.45) is 5.05. The Bertz CT molecular complexity index is 1090. The monoisotopic (exact) mass is 482 g/mol. The minimum Gasteiger partial charge on any atom is -0.368 e. The summed E-state index contributed by atoms with van der Waals surface area (Å²) in [4.78, 5) is 36.2. The Kier molecular flexibility index (Phi) is 6.61. The smallest absolute Gasteiger partial charge is 0.251 e. The number of carbonyl (C=O) groups is 2. The van der Waals surface area contributed by atoms with Crippen LogP contribution >= 0.6 is 11.6 Å². The Labute approximate surface area is 205 Å². The largest absolute Gasteiger partial charge is 0.368 e. The molecule has 180 valence electrons. The van der Waals surface area contributed by atoms with Gasteiger partial charge in [-0.25, -0.2) is 4.98 Å².